The molecule has 3 aromatic carbocycles. The summed E-state index contributed by atoms with van der Waals surface area (Å²) in [7, 11) is 0. The Hall–Kier alpha value is -1.12. The zero-order chi connectivity index (χ0) is 14.1. The Kier molecular flexibility index (Phi) is 3.95. The zero-order valence-electron chi connectivity index (χ0n) is 11.1. The molecule has 0 N–H and O–H groups in total. The van der Waals surface area contributed by atoms with Gasteiger partial charge in [0.05, 0.1) is 4.83 Å². The number of aryl methyl sites for hydroxylation is 1. The minimum absolute atomic E-state index is 0.184. The number of fused-ring (bicyclic) bond motifs is 1. The van der Waals surface area contributed by atoms with E-state index < -0.39 is 0 Å². The molecule has 0 aromatic heterocycles. The third kappa shape index (κ3) is 2.43. The van der Waals surface area contributed by atoms with Gasteiger partial charge < -0.3 is 0 Å². The van der Waals surface area contributed by atoms with Crippen molar-refractivity contribution in [1.82, 2.24) is 0 Å². The third-order valence-electron chi connectivity index (χ3n) is 3.63. The van der Waals surface area contributed by atoms with Gasteiger partial charge in [0.1, 0.15) is 0 Å². The highest BCUT2D eigenvalue weighted by Crippen LogP contribution is 2.39. The monoisotopic (exact) mass is 388 g/mol. The van der Waals surface area contributed by atoms with Gasteiger partial charge in [-0.05, 0) is 40.5 Å². The molecular formula is C18H14Br2. The van der Waals surface area contributed by atoms with Gasteiger partial charge in [0, 0.05) is 4.47 Å². The Bertz CT molecular complexity index is 762. The first-order valence-electron chi connectivity index (χ1n) is 6.55. The SMILES string of the molecule is Cc1ccc(C(Br)c2ccccc2Br)c2ccccc12. The lowest BCUT2D eigenvalue weighted by Crippen LogP contribution is -1.96. The van der Waals surface area contributed by atoms with Gasteiger partial charge in [-0.3, -0.25) is 0 Å². The maximum Gasteiger partial charge on any atom is 0.0661 e. The molecule has 2 heteroatoms. The van der Waals surface area contributed by atoms with Gasteiger partial charge in [-0.25, -0.2) is 0 Å². The van der Waals surface area contributed by atoms with Crippen LogP contribution in [0.15, 0.2) is 65.1 Å². The van der Waals surface area contributed by atoms with E-state index in [9.17, 15) is 0 Å². The van der Waals surface area contributed by atoms with E-state index in [1.54, 1.807) is 0 Å². The second kappa shape index (κ2) is 5.71. The minimum Gasteiger partial charge on any atom is -0.0786 e. The summed E-state index contributed by atoms with van der Waals surface area (Å²) < 4.78 is 1.13. The molecule has 20 heavy (non-hydrogen) atoms. The number of alkyl halides is 1. The van der Waals surface area contributed by atoms with Gasteiger partial charge in [-0.1, -0.05) is 86.5 Å². The number of halogens is 2. The van der Waals surface area contributed by atoms with Crippen molar-refractivity contribution in [2.24, 2.45) is 0 Å². The van der Waals surface area contributed by atoms with Crippen molar-refractivity contribution in [3.63, 3.8) is 0 Å². The van der Waals surface area contributed by atoms with Crippen molar-refractivity contribution in [3.8, 4) is 0 Å². The normalized spacial score (nSPS) is 12.6. The summed E-state index contributed by atoms with van der Waals surface area (Å²) in [6, 6.07) is 21.4. The van der Waals surface area contributed by atoms with Crippen molar-refractivity contribution in [2.75, 3.05) is 0 Å². The van der Waals surface area contributed by atoms with Gasteiger partial charge in [-0.2, -0.15) is 0 Å². The average Bonchev–Trinajstić information content (AvgIpc) is 2.48. The molecule has 3 rings (SSSR count). The van der Waals surface area contributed by atoms with Crippen LogP contribution in [0.3, 0.4) is 0 Å². The van der Waals surface area contributed by atoms with Gasteiger partial charge in [-0.15, -0.1) is 0 Å². The van der Waals surface area contributed by atoms with Crippen LogP contribution in [-0.4, -0.2) is 0 Å². The van der Waals surface area contributed by atoms with Gasteiger partial charge >= 0.3 is 0 Å². The summed E-state index contributed by atoms with van der Waals surface area (Å²) in [4.78, 5) is 0.184. The summed E-state index contributed by atoms with van der Waals surface area (Å²) in [5.41, 5.74) is 3.87. The minimum atomic E-state index is 0.184. The molecule has 100 valence electrons. The summed E-state index contributed by atoms with van der Waals surface area (Å²) in [6.45, 7) is 2.16. The first-order chi connectivity index (χ1) is 9.68. The first kappa shape index (κ1) is 13.8. The lowest BCUT2D eigenvalue weighted by molar-refractivity contribution is 1.18. The van der Waals surface area contributed by atoms with E-state index in [1.165, 1.54) is 27.5 Å². The summed E-state index contributed by atoms with van der Waals surface area (Å²) in [5.74, 6) is 0. The largest absolute Gasteiger partial charge is 0.0786 e. The second-order valence-corrected chi connectivity index (χ2v) is 6.67. The molecule has 1 atom stereocenters. The molecule has 0 fully saturated rings. The summed E-state index contributed by atoms with van der Waals surface area (Å²) >= 11 is 7.50. The first-order valence-corrected chi connectivity index (χ1v) is 8.26. The molecule has 0 bridgehead atoms. The molecule has 0 saturated carbocycles. The molecule has 0 spiro atoms. The maximum absolute atomic E-state index is 3.86. The van der Waals surface area contributed by atoms with Crippen LogP contribution in [0.1, 0.15) is 21.5 Å². The standard InChI is InChI=1S/C18H14Br2/c1-12-10-11-15(14-7-3-2-6-13(12)14)18(20)16-8-4-5-9-17(16)19/h2-11,18H,1H3. The van der Waals surface area contributed by atoms with E-state index in [1.807, 2.05) is 6.07 Å². The summed E-state index contributed by atoms with van der Waals surface area (Å²) in [5, 5.41) is 2.63. The van der Waals surface area contributed by atoms with E-state index in [0.717, 1.165) is 4.47 Å². The van der Waals surface area contributed by atoms with Crippen molar-refractivity contribution >= 4 is 42.6 Å². The molecule has 0 amide bonds. The van der Waals surface area contributed by atoms with Crippen LogP contribution < -0.4 is 0 Å². The molecule has 3 aromatic rings. The number of benzene rings is 3. The molecule has 0 radical (unpaired) electrons. The fourth-order valence-corrected chi connectivity index (χ4v) is 4.16. The Balaban J connectivity index is 2.20. The number of rotatable bonds is 2. The van der Waals surface area contributed by atoms with Crippen molar-refractivity contribution in [3.05, 3.63) is 81.8 Å². The van der Waals surface area contributed by atoms with E-state index in [2.05, 4.69) is 93.4 Å². The third-order valence-corrected chi connectivity index (χ3v) is 5.34. The molecule has 0 aliphatic rings. The topological polar surface area (TPSA) is 0 Å². The molecule has 0 nitrogen and oxygen atoms in total. The Labute approximate surface area is 136 Å². The highest BCUT2D eigenvalue weighted by molar-refractivity contribution is 9.11. The predicted molar refractivity (Wildman–Crippen MR) is 93.6 cm³/mol. The molecule has 0 saturated heterocycles. The van der Waals surface area contributed by atoms with Gasteiger partial charge in [0.25, 0.3) is 0 Å². The van der Waals surface area contributed by atoms with E-state index in [4.69, 9.17) is 0 Å². The quantitative estimate of drug-likeness (QED) is 0.445. The fourth-order valence-electron chi connectivity index (χ4n) is 2.54. The van der Waals surface area contributed by atoms with Crippen LogP contribution in [0, 0.1) is 6.92 Å². The van der Waals surface area contributed by atoms with Gasteiger partial charge in [0.2, 0.25) is 0 Å². The van der Waals surface area contributed by atoms with Crippen LogP contribution in [0.5, 0.6) is 0 Å². The van der Waals surface area contributed by atoms with Crippen molar-refractivity contribution < 1.29 is 0 Å². The van der Waals surface area contributed by atoms with Crippen LogP contribution in [0.25, 0.3) is 10.8 Å². The lowest BCUT2D eigenvalue weighted by Gasteiger charge is -2.16. The Morgan fingerprint density at radius 2 is 1.40 bits per heavy atom. The average molecular weight is 390 g/mol. The van der Waals surface area contributed by atoms with E-state index in [0.29, 0.717) is 0 Å². The maximum atomic E-state index is 3.86. The Morgan fingerprint density at radius 3 is 2.15 bits per heavy atom. The molecule has 1 unspecified atom stereocenters. The van der Waals surface area contributed by atoms with Gasteiger partial charge in [0.15, 0.2) is 0 Å². The van der Waals surface area contributed by atoms with Crippen LogP contribution in [-0.2, 0) is 0 Å². The summed E-state index contributed by atoms with van der Waals surface area (Å²) in [6.07, 6.45) is 0. The molecule has 0 aliphatic carbocycles. The number of hydrogen-bond acceptors (Lipinski definition) is 0. The fraction of sp³-hybridized carbons (Fsp3) is 0.111. The van der Waals surface area contributed by atoms with Crippen LogP contribution in [0.4, 0.5) is 0 Å². The molecule has 0 aliphatic heterocycles. The molecule has 0 heterocycles. The highest BCUT2D eigenvalue weighted by Gasteiger charge is 2.16. The van der Waals surface area contributed by atoms with Crippen molar-refractivity contribution in [1.29, 1.82) is 0 Å². The van der Waals surface area contributed by atoms with Crippen LogP contribution >= 0.6 is 31.9 Å². The number of hydrogen-bond donors (Lipinski definition) is 0. The Morgan fingerprint density at radius 1 is 0.750 bits per heavy atom. The van der Waals surface area contributed by atoms with E-state index in [-0.39, 0.29) is 4.83 Å². The van der Waals surface area contributed by atoms with Crippen molar-refractivity contribution in [2.45, 2.75) is 11.8 Å². The van der Waals surface area contributed by atoms with E-state index >= 15 is 0 Å². The second-order valence-electron chi connectivity index (χ2n) is 4.90. The predicted octanol–water partition coefficient (Wildman–Crippen LogP) is 6.40. The smallest absolute Gasteiger partial charge is 0.0661 e. The molecular weight excluding hydrogens is 376 g/mol. The zero-order valence-corrected chi connectivity index (χ0v) is 14.3. The lowest BCUT2D eigenvalue weighted by atomic mass is 9.96. The van der Waals surface area contributed by atoms with Crippen LogP contribution in [0.2, 0.25) is 0 Å². The highest BCUT2D eigenvalue weighted by atomic mass is 79.9.